The van der Waals surface area contributed by atoms with Gasteiger partial charge in [0, 0.05) is 19.1 Å². The summed E-state index contributed by atoms with van der Waals surface area (Å²) in [5, 5.41) is 12.7. The van der Waals surface area contributed by atoms with Crippen molar-refractivity contribution in [2.45, 2.75) is 23.8 Å². The highest BCUT2D eigenvalue weighted by Gasteiger charge is 2.29. The van der Waals surface area contributed by atoms with Crippen molar-refractivity contribution < 1.29 is 23.1 Å². The highest BCUT2D eigenvalue weighted by Crippen LogP contribution is 2.29. The summed E-state index contributed by atoms with van der Waals surface area (Å²) in [6.45, 7) is 2.13. The van der Waals surface area contributed by atoms with E-state index in [4.69, 9.17) is 4.74 Å². The SMILES string of the molecule is O=C(O)c1cc(S(=O)(=O)N2CCOCC2)ccc1C1CCCN1. The minimum Gasteiger partial charge on any atom is -0.478 e. The molecule has 1 aromatic carbocycles. The number of sulfonamides is 1. The van der Waals surface area contributed by atoms with Gasteiger partial charge in [-0.1, -0.05) is 6.07 Å². The molecule has 2 fully saturated rings. The van der Waals surface area contributed by atoms with Crippen molar-refractivity contribution in [3.63, 3.8) is 0 Å². The number of carboxylic acid groups (broad SMARTS) is 1. The molecule has 7 nitrogen and oxygen atoms in total. The van der Waals surface area contributed by atoms with Gasteiger partial charge in [0.15, 0.2) is 0 Å². The number of morpholine rings is 1. The number of nitrogens with one attached hydrogen (secondary N) is 1. The highest BCUT2D eigenvalue weighted by atomic mass is 32.2. The van der Waals surface area contributed by atoms with Gasteiger partial charge in [-0.15, -0.1) is 0 Å². The Hall–Kier alpha value is -1.48. The lowest BCUT2D eigenvalue weighted by atomic mass is 9.99. The number of hydrogen-bond acceptors (Lipinski definition) is 5. The normalized spacial score (nSPS) is 23.0. The van der Waals surface area contributed by atoms with E-state index < -0.39 is 16.0 Å². The van der Waals surface area contributed by atoms with Crippen LogP contribution in [-0.4, -0.2) is 56.6 Å². The van der Waals surface area contributed by atoms with Gasteiger partial charge in [-0.05, 0) is 37.1 Å². The highest BCUT2D eigenvalue weighted by molar-refractivity contribution is 7.89. The summed E-state index contributed by atoms with van der Waals surface area (Å²) in [5.74, 6) is -1.10. The Balaban J connectivity index is 1.97. The second kappa shape index (κ2) is 6.56. The van der Waals surface area contributed by atoms with E-state index in [1.165, 1.54) is 16.4 Å². The molecule has 0 radical (unpaired) electrons. The van der Waals surface area contributed by atoms with Crippen molar-refractivity contribution >= 4 is 16.0 Å². The van der Waals surface area contributed by atoms with E-state index in [2.05, 4.69) is 5.32 Å². The van der Waals surface area contributed by atoms with E-state index in [0.29, 0.717) is 18.8 Å². The van der Waals surface area contributed by atoms with Gasteiger partial charge in [0.2, 0.25) is 10.0 Å². The smallest absolute Gasteiger partial charge is 0.336 e. The monoisotopic (exact) mass is 340 g/mol. The largest absolute Gasteiger partial charge is 0.478 e. The number of rotatable bonds is 4. The maximum absolute atomic E-state index is 12.7. The van der Waals surface area contributed by atoms with Gasteiger partial charge >= 0.3 is 5.97 Å². The van der Waals surface area contributed by atoms with E-state index in [1.54, 1.807) is 6.07 Å². The van der Waals surface area contributed by atoms with Crippen molar-refractivity contribution in [3.8, 4) is 0 Å². The van der Waals surface area contributed by atoms with Gasteiger partial charge in [0.25, 0.3) is 0 Å². The molecule has 3 rings (SSSR count). The quantitative estimate of drug-likeness (QED) is 0.843. The number of aromatic carboxylic acids is 1. The lowest BCUT2D eigenvalue weighted by Gasteiger charge is -2.26. The third-order valence-corrected chi connectivity index (χ3v) is 6.19. The number of carboxylic acids is 1. The lowest BCUT2D eigenvalue weighted by Crippen LogP contribution is -2.40. The van der Waals surface area contributed by atoms with Crippen molar-refractivity contribution in [2.24, 2.45) is 0 Å². The van der Waals surface area contributed by atoms with Crippen molar-refractivity contribution in [3.05, 3.63) is 29.3 Å². The molecule has 1 aromatic rings. The van der Waals surface area contributed by atoms with Crippen LogP contribution in [0.25, 0.3) is 0 Å². The Bertz CT molecular complexity index is 692. The molecular formula is C15H20N2O5S. The zero-order valence-corrected chi connectivity index (χ0v) is 13.5. The van der Waals surface area contributed by atoms with E-state index in [9.17, 15) is 18.3 Å². The number of hydrogen-bond donors (Lipinski definition) is 2. The third-order valence-electron chi connectivity index (χ3n) is 4.30. The van der Waals surface area contributed by atoms with Crippen LogP contribution in [0.5, 0.6) is 0 Å². The van der Waals surface area contributed by atoms with E-state index in [0.717, 1.165) is 19.4 Å². The summed E-state index contributed by atoms with van der Waals surface area (Å²) in [7, 11) is -3.69. The van der Waals surface area contributed by atoms with Crippen molar-refractivity contribution in [1.82, 2.24) is 9.62 Å². The van der Waals surface area contributed by atoms with Crippen molar-refractivity contribution in [2.75, 3.05) is 32.8 Å². The molecule has 0 saturated carbocycles. The van der Waals surface area contributed by atoms with E-state index >= 15 is 0 Å². The van der Waals surface area contributed by atoms with Crippen LogP contribution in [0.1, 0.15) is 34.8 Å². The predicted molar refractivity (Wildman–Crippen MR) is 83.0 cm³/mol. The molecule has 2 N–H and O–H groups in total. The first-order valence-corrected chi connectivity index (χ1v) is 9.12. The van der Waals surface area contributed by atoms with Crippen LogP contribution in [0, 0.1) is 0 Å². The first-order valence-electron chi connectivity index (χ1n) is 7.68. The van der Waals surface area contributed by atoms with Crippen LogP contribution in [0.15, 0.2) is 23.1 Å². The standard InChI is InChI=1S/C15H20N2O5S/c18-15(19)13-10-11(3-4-12(13)14-2-1-5-16-14)23(20,21)17-6-8-22-9-7-17/h3-4,10,14,16H,1-2,5-9H2,(H,18,19). The van der Waals surface area contributed by atoms with Crippen molar-refractivity contribution in [1.29, 1.82) is 0 Å². The fraction of sp³-hybridized carbons (Fsp3) is 0.533. The molecule has 2 aliphatic rings. The summed E-state index contributed by atoms with van der Waals surface area (Å²) >= 11 is 0. The zero-order chi connectivity index (χ0) is 16.4. The van der Waals surface area contributed by atoms with Gasteiger partial charge in [0.1, 0.15) is 0 Å². The third kappa shape index (κ3) is 3.25. The van der Waals surface area contributed by atoms with E-state index in [-0.39, 0.29) is 29.6 Å². The number of nitrogens with zero attached hydrogens (tertiary/aromatic N) is 1. The molecular weight excluding hydrogens is 320 g/mol. The molecule has 126 valence electrons. The average Bonchev–Trinajstić information content (AvgIpc) is 3.09. The molecule has 2 saturated heterocycles. The maximum atomic E-state index is 12.7. The Morgan fingerprint density at radius 1 is 1.30 bits per heavy atom. The molecule has 2 aliphatic heterocycles. The number of ether oxygens (including phenoxy) is 1. The van der Waals surface area contributed by atoms with Crippen LogP contribution in [0.2, 0.25) is 0 Å². The predicted octanol–water partition coefficient (Wildman–Crippen LogP) is 0.830. The van der Waals surface area contributed by atoms with Gasteiger partial charge in [-0.3, -0.25) is 0 Å². The fourth-order valence-electron chi connectivity index (χ4n) is 3.07. The molecule has 2 heterocycles. The van der Waals surface area contributed by atoms with Crippen LogP contribution in [0.3, 0.4) is 0 Å². The Kier molecular flexibility index (Phi) is 4.67. The van der Waals surface area contributed by atoms with Crippen LogP contribution in [-0.2, 0) is 14.8 Å². The fourth-order valence-corrected chi connectivity index (χ4v) is 4.51. The zero-order valence-electron chi connectivity index (χ0n) is 12.7. The van der Waals surface area contributed by atoms with Gasteiger partial charge in [0.05, 0.1) is 23.7 Å². The molecule has 0 bridgehead atoms. The summed E-state index contributed by atoms with van der Waals surface area (Å²) in [6.07, 6.45) is 1.84. The molecule has 0 aromatic heterocycles. The Morgan fingerprint density at radius 2 is 2.04 bits per heavy atom. The average molecular weight is 340 g/mol. The molecule has 0 amide bonds. The Morgan fingerprint density at radius 3 is 2.65 bits per heavy atom. The van der Waals surface area contributed by atoms with Gasteiger partial charge < -0.3 is 15.2 Å². The number of carbonyl (C=O) groups is 1. The second-order valence-corrected chi connectivity index (χ2v) is 7.66. The first kappa shape index (κ1) is 16.4. The molecule has 1 unspecified atom stereocenters. The topological polar surface area (TPSA) is 95.9 Å². The van der Waals surface area contributed by atoms with Gasteiger partial charge in [-0.25, -0.2) is 13.2 Å². The van der Waals surface area contributed by atoms with Gasteiger partial charge in [-0.2, -0.15) is 4.31 Å². The van der Waals surface area contributed by atoms with Crippen LogP contribution >= 0.6 is 0 Å². The first-order chi connectivity index (χ1) is 11.0. The molecule has 8 heteroatoms. The second-order valence-electron chi connectivity index (χ2n) is 5.72. The molecule has 23 heavy (non-hydrogen) atoms. The Labute approximate surface area is 135 Å². The maximum Gasteiger partial charge on any atom is 0.336 e. The minimum atomic E-state index is -3.69. The van der Waals surface area contributed by atoms with E-state index in [1.807, 2.05) is 0 Å². The summed E-state index contributed by atoms with van der Waals surface area (Å²) < 4.78 is 31.8. The van der Waals surface area contributed by atoms with Crippen LogP contribution < -0.4 is 5.32 Å². The van der Waals surface area contributed by atoms with Crippen LogP contribution in [0.4, 0.5) is 0 Å². The molecule has 0 aliphatic carbocycles. The molecule has 0 spiro atoms. The minimum absolute atomic E-state index is 0.0264. The lowest BCUT2D eigenvalue weighted by molar-refractivity contribution is 0.0694. The molecule has 1 atom stereocenters. The summed E-state index contributed by atoms with van der Waals surface area (Å²) in [4.78, 5) is 11.6. The summed E-state index contributed by atoms with van der Waals surface area (Å²) in [6, 6.07) is 4.38. The number of benzene rings is 1. The summed E-state index contributed by atoms with van der Waals surface area (Å²) in [5.41, 5.74) is 0.703.